The van der Waals surface area contributed by atoms with Crippen LogP contribution >= 0.6 is 0 Å². The highest BCUT2D eigenvalue weighted by atomic mass is 16.5. The van der Waals surface area contributed by atoms with Crippen LogP contribution in [-0.4, -0.2) is 54.7 Å². The molecular weight excluding hydrogens is 252 g/mol. The van der Waals surface area contributed by atoms with Crippen molar-refractivity contribution in [1.82, 2.24) is 20.3 Å². The number of rotatable bonds is 9. The van der Waals surface area contributed by atoms with E-state index in [1.807, 2.05) is 0 Å². The largest absolute Gasteiger partial charge is 0.360 e. The summed E-state index contributed by atoms with van der Waals surface area (Å²) in [6.45, 7) is 9.62. The second kappa shape index (κ2) is 8.39. The molecule has 0 saturated carbocycles. The Hall–Kier alpha value is -0.910. The van der Waals surface area contributed by atoms with Crippen LogP contribution in [0, 0.1) is 0 Å². The summed E-state index contributed by atoms with van der Waals surface area (Å²) in [5, 5.41) is 7.44. The van der Waals surface area contributed by atoms with Crippen LogP contribution in [0.4, 0.5) is 0 Å². The lowest BCUT2D eigenvalue weighted by molar-refractivity contribution is 0.230. The summed E-state index contributed by atoms with van der Waals surface area (Å²) in [7, 11) is 2.15. The molecule has 0 aromatic carbocycles. The third-order valence-corrected chi connectivity index (χ3v) is 3.76. The van der Waals surface area contributed by atoms with Gasteiger partial charge >= 0.3 is 0 Å². The first-order chi connectivity index (χ1) is 9.78. The monoisotopic (exact) mass is 280 g/mol. The minimum atomic E-state index is 0.800. The van der Waals surface area contributed by atoms with E-state index in [0.29, 0.717) is 0 Å². The van der Waals surface area contributed by atoms with E-state index in [1.165, 1.54) is 25.9 Å². The first-order valence-corrected chi connectivity index (χ1v) is 7.84. The molecule has 2 rings (SSSR count). The number of hydrogen-bond donors (Lipinski definition) is 1. The molecule has 0 atom stereocenters. The standard InChI is InChI=1S/C15H28N4O/c1-3-6-16-12-14-11-15(20-17-14)13-18(2)9-10-19-7-4-5-8-19/h11,16H,3-10,12-13H2,1-2H3. The first-order valence-electron chi connectivity index (χ1n) is 7.84. The summed E-state index contributed by atoms with van der Waals surface area (Å²) < 4.78 is 5.39. The van der Waals surface area contributed by atoms with Crippen LogP contribution in [0.25, 0.3) is 0 Å². The Labute approximate surface area is 122 Å². The molecule has 0 aliphatic carbocycles. The van der Waals surface area contributed by atoms with E-state index in [1.54, 1.807) is 0 Å². The maximum absolute atomic E-state index is 5.39. The van der Waals surface area contributed by atoms with Crippen LogP contribution in [0.15, 0.2) is 10.6 Å². The van der Waals surface area contributed by atoms with Crippen LogP contribution < -0.4 is 5.32 Å². The van der Waals surface area contributed by atoms with Crippen molar-refractivity contribution in [2.45, 2.75) is 39.3 Å². The number of nitrogens with one attached hydrogen (secondary N) is 1. The van der Waals surface area contributed by atoms with Crippen molar-refractivity contribution < 1.29 is 4.52 Å². The zero-order valence-corrected chi connectivity index (χ0v) is 12.9. The number of nitrogens with zero attached hydrogens (tertiary/aromatic N) is 3. The van der Waals surface area contributed by atoms with Gasteiger partial charge in [0.1, 0.15) is 0 Å². The van der Waals surface area contributed by atoms with Crippen molar-refractivity contribution >= 4 is 0 Å². The Kier molecular flexibility index (Phi) is 6.50. The number of likely N-dealkylation sites (tertiary alicyclic amines) is 1. The lowest BCUT2D eigenvalue weighted by Gasteiger charge is -2.20. The average Bonchev–Trinajstić information content (AvgIpc) is 3.08. The van der Waals surface area contributed by atoms with Gasteiger partial charge in [-0.2, -0.15) is 0 Å². The molecule has 20 heavy (non-hydrogen) atoms. The van der Waals surface area contributed by atoms with Gasteiger partial charge in [-0.05, 0) is 45.9 Å². The van der Waals surface area contributed by atoms with Gasteiger partial charge in [0.2, 0.25) is 0 Å². The zero-order valence-electron chi connectivity index (χ0n) is 12.9. The van der Waals surface area contributed by atoms with Crippen LogP contribution in [0.1, 0.15) is 37.6 Å². The van der Waals surface area contributed by atoms with E-state index in [-0.39, 0.29) is 0 Å². The molecule has 5 nitrogen and oxygen atoms in total. The first kappa shape index (κ1) is 15.5. The van der Waals surface area contributed by atoms with Gasteiger partial charge < -0.3 is 14.7 Å². The van der Waals surface area contributed by atoms with E-state index >= 15 is 0 Å². The van der Waals surface area contributed by atoms with Gasteiger partial charge in [0.25, 0.3) is 0 Å². The molecule has 1 aliphatic rings. The van der Waals surface area contributed by atoms with Gasteiger partial charge in [-0.15, -0.1) is 0 Å². The minimum absolute atomic E-state index is 0.800. The third-order valence-electron chi connectivity index (χ3n) is 3.76. The van der Waals surface area contributed by atoms with E-state index < -0.39 is 0 Å². The predicted octanol–water partition coefficient (Wildman–Crippen LogP) is 1.70. The zero-order chi connectivity index (χ0) is 14.2. The summed E-state index contributed by atoms with van der Waals surface area (Å²) in [5.74, 6) is 0.960. The minimum Gasteiger partial charge on any atom is -0.360 e. The SMILES string of the molecule is CCCNCc1cc(CN(C)CCN2CCCC2)on1. The molecular formula is C15H28N4O. The maximum atomic E-state index is 5.39. The summed E-state index contributed by atoms with van der Waals surface area (Å²) in [6.07, 6.45) is 3.86. The van der Waals surface area contributed by atoms with Gasteiger partial charge in [0.15, 0.2) is 5.76 Å². The van der Waals surface area contributed by atoms with Gasteiger partial charge in [0, 0.05) is 25.7 Å². The maximum Gasteiger partial charge on any atom is 0.151 e. The van der Waals surface area contributed by atoms with Crippen LogP contribution in [0.3, 0.4) is 0 Å². The lowest BCUT2D eigenvalue weighted by Crippen LogP contribution is -2.31. The van der Waals surface area contributed by atoms with Crippen molar-refractivity contribution in [1.29, 1.82) is 0 Å². The average molecular weight is 280 g/mol. The Morgan fingerprint density at radius 1 is 1.40 bits per heavy atom. The second-order valence-electron chi connectivity index (χ2n) is 5.75. The lowest BCUT2D eigenvalue weighted by atomic mass is 10.3. The molecule has 5 heteroatoms. The molecule has 0 bridgehead atoms. The smallest absolute Gasteiger partial charge is 0.151 e. The Bertz CT molecular complexity index is 374. The van der Waals surface area contributed by atoms with Crippen molar-refractivity contribution in [3.05, 3.63) is 17.5 Å². The summed E-state index contributed by atoms with van der Waals surface area (Å²) in [6, 6.07) is 2.06. The molecule has 1 N–H and O–H groups in total. The highest BCUT2D eigenvalue weighted by molar-refractivity contribution is 5.05. The summed E-state index contributed by atoms with van der Waals surface area (Å²) in [4.78, 5) is 4.85. The molecule has 1 aliphatic heterocycles. The van der Waals surface area contributed by atoms with Gasteiger partial charge in [-0.1, -0.05) is 12.1 Å². The van der Waals surface area contributed by atoms with Crippen LogP contribution in [0.2, 0.25) is 0 Å². The number of hydrogen-bond acceptors (Lipinski definition) is 5. The van der Waals surface area contributed by atoms with Gasteiger partial charge in [-0.25, -0.2) is 0 Å². The molecule has 1 saturated heterocycles. The van der Waals surface area contributed by atoms with E-state index in [9.17, 15) is 0 Å². The predicted molar refractivity (Wildman–Crippen MR) is 80.5 cm³/mol. The van der Waals surface area contributed by atoms with Crippen LogP contribution in [0.5, 0.6) is 0 Å². The Morgan fingerprint density at radius 2 is 2.20 bits per heavy atom. The number of likely N-dealkylation sites (N-methyl/N-ethyl adjacent to an activating group) is 1. The fraction of sp³-hybridized carbons (Fsp3) is 0.800. The highest BCUT2D eigenvalue weighted by Gasteiger charge is 2.12. The molecule has 2 heterocycles. The molecule has 114 valence electrons. The Morgan fingerprint density at radius 3 is 2.95 bits per heavy atom. The fourth-order valence-electron chi connectivity index (χ4n) is 2.57. The second-order valence-corrected chi connectivity index (χ2v) is 5.75. The molecule has 0 unspecified atom stereocenters. The van der Waals surface area contributed by atoms with Gasteiger partial charge in [-0.3, -0.25) is 4.90 Å². The quantitative estimate of drug-likeness (QED) is 0.698. The third kappa shape index (κ3) is 5.23. The highest BCUT2D eigenvalue weighted by Crippen LogP contribution is 2.09. The molecule has 1 aromatic heterocycles. The molecule has 1 fully saturated rings. The van der Waals surface area contributed by atoms with E-state index in [4.69, 9.17) is 4.52 Å². The Balaban J connectivity index is 1.66. The molecule has 1 aromatic rings. The van der Waals surface area contributed by atoms with Crippen molar-refractivity contribution in [2.24, 2.45) is 0 Å². The number of aromatic nitrogens is 1. The topological polar surface area (TPSA) is 44.5 Å². The van der Waals surface area contributed by atoms with Crippen molar-refractivity contribution in [2.75, 3.05) is 39.8 Å². The van der Waals surface area contributed by atoms with Crippen LogP contribution in [-0.2, 0) is 13.1 Å². The summed E-state index contributed by atoms with van der Waals surface area (Å²) in [5.41, 5.74) is 1.00. The molecule has 0 amide bonds. The normalized spacial score (nSPS) is 16.4. The molecule has 0 radical (unpaired) electrons. The summed E-state index contributed by atoms with van der Waals surface area (Å²) >= 11 is 0. The van der Waals surface area contributed by atoms with Crippen molar-refractivity contribution in [3.8, 4) is 0 Å². The fourth-order valence-corrected chi connectivity index (χ4v) is 2.57. The molecule has 0 spiro atoms. The van der Waals surface area contributed by atoms with E-state index in [0.717, 1.165) is 50.6 Å². The van der Waals surface area contributed by atoms with Gasteiger partial charge in [0.05, 0.1) is 12.2 Å². The van der Waals surface area contributed by atoms with Crippen molar-refractivity contribution in [3.63, 3.8) is 0 Å². The van der Waals surface area contributed by atoms with E-state index in [2.05, 4.69) is 40.3 Å².